The molecule has 0 aliphatic rings. The fraction of sp³-hybridized carbons (Fsp3) is 0. The Hall–Kier alpha value is -1.94. The third-order valence-corrected chi connectivity index (χ3v) is 2.58. The molecule has 3 heterocycles. The second kappa shape index (κ2) is 3.57. The molecule has 0 fully saturated rings. The number of nitrogens with one attached hydrogen (secondary N) is 1. The summed E-state index contributed by atoms with van der Waals surface area (Å²) in [5.74, 6) is 0.577. The third kappa shape index (κ3) is 1.44. The van der Waals surface area contributed by atoms with Crippen LogP contribution < -0.4 is 0 Å². The Balaban J connectivity index is 2.25. The van der Waals surface area contributed by atoms with E-state index in [4.69, 9.17) is 11.6 Å². The van der Waals surface area contributed by atoms with Crippen molar-refractivity contribution in [1.29, 1.82) is 0 Å². The van der Waals surface area contributed by atoms with Gasteiger partial charge >= 0.3 is 0 Å². The first-order valence-electron chi connectivity index (χ1n) is 4.75. The first kappa shape index (κ1) is 9.30. The number of fused-ring (bicyclic) bond motifs is 1. The second-order valence-corrected chi connectivity index (χ2v) is 3.68. The van der Waals surface area contributed by atoms with E-state index in [0.29, 0.717) is 11.0 Å². The maximum atomic E-state index is 6.06. The molecule has 3 rings (SSSR count). The fourth-order valence-electron chi connectivity index (χ4n) is 1.53. The minimum atomic E-state index is 0.449. The molecule has 5 heteroatoms. The molecular formula is C11H7ClN4. The van der Waals surface area contributed by atoms with Crippen LogP contribution >= 0.6 is 11.6 Å². The average Bonchev–Trinajstić information content (AvgIpc) is 2.79. The maximum Gasteiger partial charge on any atom is 0.164 e. The highest BCUT2D eigenvalue weighted by molar-refractivity contribution is 6.34. The van der Waals surface area contributed by atoms with Gasteiger partial charge in [-0.3, -0.25) is 4.98 Å². The molecule has 0 aliphatic carbocycles. The van der Waals surface area contributed by atoms with Crippen LogP contribution in [0.3, 0.4) is 0 Å². The molecule has 1 N–H and O–H groups in total. The normalized spacial score (nSPS) is 10.8. The van der Waals surface area contributed by atoms with Crippen LogP contribution in [-0.4, -0.2) is 19.9 Å². The van der Waals surface area contributed by atoms with E-state index in [1.54, 1.807) is 18.6 Å². The number of halogens is 1. The number of rotatable bonds is 1. The molecule has 0 aromatic carbocycles. The number of hydrogen-bond donors (Lipinski definition) is 1. The lowest BCUT2D eigenvalue weighted by Gasteiger charge is -2.00. The van der Waals surface area contributed by atoms with Crippen molar-refractivity contribution >= 4 is 22.6 Å². The summed E-state index contributed by atoms with van der Waals surface area (Å²) >= 11 is 6.06. The molecule has 3 aromatic heterocycles. The summed E-state index contributed by atoms with van der Waals surface area (Å²) in [6.45, 7) is 0. The second-order valence-electron chi connectivity index (χ2n) is 3.32. The summed E-state index contributed by atoms with van der Waals surface area (Å²) in [7, 11) is 0. The van der Waals surface area contributed by atoms with Gasteiger partial charge < -0.3 is 4.98 Å². The van der Waals surface area contributed by atoms with Gasteiger partial charge in [-0.15, -0.1) is 0 Å². The van der Waals surface area contributed by atoms with Crippen LogP contribution in [0.4, 0.5) is 0 Å². The molecule has 0 aliphatic heterocycles. The number of aromatic nitrogens is 4. The predicted molar refractivity (Wildman–Crippen MR) is 62.1 cm³/mol. The quantitative estimate of drug-likeness (QED) is 0.654. The van der Waals surface area contributed by atoms with E-state index in [2.05, 4.69) is 19.9 Å². The van der Waals surface area contributed by atoms with Crippen molar-refractivity contribution in [2.45, 2.75) is 0 Å². The molecule has 0 amide bonds. The topological polar surface area (TPSA) is 54.5 Å². The summed E-state index contributed by atoms with van der Waals surface area (Å²) in [5.41, 5.74) is 1.58. The van der Waals surface area contributed by atoms with Crippen LogP contribution in [0.5, 0.6) is 0 Å². The average molecular weight is 231 g/mol. The molecule has 16 heavy (non-hydrogen) atoms. The van der Waals surface area contributed by atoms with Crippen molar-refractivity contribution in [1.82, 2.24) is 19.9 Å². The minimum Gasteiger partial charge on any atom is -0.346 e. The largest absolute Gasteiger partial charge is 0.346 e. The SMILES string of the molecule is Clc1nc(-c2cccnc2)nc2[nH]ccc12. The lowest BCUT2D eigenvalue weighted by atomic mass is 10.2. The lowest BCUT2D eigenvalue weighted by molar-refractivity contribution is 1.19. The third-order valence-electron chi connectivity index (χ3n) is 2.29. The zero-order chi connectivity index (χ0) is 11.0. The zero-order valence-corrected chi connectivity index (χ0v) is 8.94. The first-order valence-corrected chi connectivity index (χ1v) is 5.13. The molecule has 0 bridgehead atoms. The van der Waals surface area contributed by atoms with Crippen molar-refractivity contribution in [2.24, 2.45) is 0 Å². The molecule has 0 saturated carbocycles. The van der Waals surface area contributed by atoms with Gasteiger partial charge in [0, 0.05) is 24.2 Å². The van der Waals surface area contributed by atoms with E-state index < -0.39 is 0 Å². The maximum absolute atomic E-state index is 6.06. The van der Waals surface area contributed by atoms with Crippen LogP contribution in [0, 0.1) is 0 Å². The van der Waals surface area contributed by atoms with Gasteiger partial charge in [-0.1, -0.05) is 11.6 Å². The van der Waals surface area contributed by atoms with E-state index in [9.17, 15) is 0 Å². The Morgan fingerprint density at radius 3 is 2.94 bits per heavy atom. The van der Waals surface area contributed by atoms with Gasteiger partial charge in [0.1, 0.15) is 10.8 Å². The highest BCUT2D eigenvalue weighted by atomic mass is 35.5. The van der Waals surface area contributed by atoms with Crippen molar-refractivity contribution in [3.8, 4) is 11.4 Å². The van der Waals surface area contributed by atoms with Crippen molar-refractivity contribution in [2.75, 3.05) is 0 Å². The smallest absolute Gasteiger partial charge is 0.164 e. The molecular weight excluding hydrogens is 224 g/mol. The van der Waals surface area contributed by atoms with E-state index in [0.717, 1.165) is 16.6 Å². The van der Waals surface area contributed by atoms with Crippen LogP contribution in [0.1, 0.15) is 0 Å². The van der Waals surface area contributed by atoms with Crippen LogP contribution in [0.2, 0.25) is 5.15 Å². The van der Waals surface area contributed by atoms with Crippen LogP contribution in [0.25, 0.3) is 22.4 Å². The Kier molecular flexibility index (Phi) is 2.08. The van der Waals surface area contributed by atoms with Crippen LogP contribution in [-0.2, 0) is 0 Å². The van der Waals surface area contributed by atoms with E-state index in [1.165, 1.54) is 0 Å². The van der Waals surface area contributed by atoms with E-state index >= 15 is 0 Å². The Labute approximate surface area is 96.3 Å². The fourth-order valence-corrected chi connectivity index (χ4v) is 1.76. The Bertz CT molecular complexity index is 633. The van der Waals surface area contributed by atoms with Gasteiger partial charge in [-0.05, 0) is 18.2 Å². The van der Waals surface area contributed by atoms with Gasteiger partial charge in [0.05, 0.1) is 5.39 Å². The predicted octanol–water partition coefficient (Wildman–Crippen LogP) is 2.67. The number of H-pyrrole nitrogens is 1. The van der Waals surface area contributed by atoms with Crippen molar-refractivity contribution < 1.29 is 0 Å². The number of hydrogen-bond acceptors (Lipinski definition) is 3. The zero-order valence-electron chi connectivity index (χ0n) is 8.18. The van der Waals surface area contributed by atoms with Gasteiger partial charge in [-0.2, -0.15) is 0 Å². The standard InChI is InChI=1S/C11H7ClN4/c12-9-8-3-5-14-11(8)16-10(15-9)7-2-1-4-13-6-7/h1-6H,(H,14,15,16). The van der Waals surface area contributed by atoms with Gasteiger partial charge in [0.2, 0.25) is 0 Å². The molecule has 0 saturated heterocycles. The number of aromatic amines is 1. The lowest BCUT2D eigenvalue weighted by Crippen LogP contribution is -1.91. The van der Waals surface area contributed by atoms with Crippen molar-refractivity contribution in [3.05, 3.63) is 41.9 Å². The summed E-state index contributed by atoms with van der Waals surface area (Å²) in [4.78, 5) is 15.7. The number of nitrogens with zero attached hydrogens (tertiary/aromatic N) is 3. The summed E-state index contributed by atoms with van der Waals surface area (Å²) in [5, 5.41) is 1.28. The monoisotopic (exact) mass is 230 g/mol. The molecule has 0 unspecified atom stereocenters. The summed E-state index contributed by atoms with van der Waals surface area (Å²) in [6.07, 6.45) is 5.21. The molecule has 4 nitrogen and oxygen atoms in total. The molecule has 3 aromatic rings. The highest BCUT2D eigenvalue weighted by Crippen LogP contribution is 2.23. The van der Waals surface area contributed by atoms with Crippen molar-refractivity contribution in [3.63, 3.8) is 0 Å². The molecule has 78 valence electrons. The van der Waals surface area contributed by atoms with Crippen LogP contribution in [0.15, 0.2) is 36.8 Å². The molecule has 0 atom stereocenters. The van der Waals surface area contributed by atoms with Gasteiger partial charge in [-0.25, -0.2) is 9.97 Å². The Morgan fingerprint density at radius 2 is 2.12 bits per heavy atom. The summed E-state index contributed by atoms with van der Waals surface area (Å²) in [6, 6.07) is 5.59. The molecule has 0 radical (unpaired) electrons. The highest BCUT2D eigenvalue weighted by Gasteiger charge is 2.08. The minimum absolute atomic E-state index is 0.449. The van der Waals surface area contributed by atoms with Gasteiger partial charge in [0.25, 0.3) is 0 Å². The van der Waals surface area contributed by atoms with E-state index in [-0.39, 0.29) is 0 Å². The van der Waals surface area contributed by atoms with E-state index in [1.807, 2.05) is 18.2 Å². The number of pyridine rings is 1. The molecule has 0 spiro atoms. The van der Waals surface area contributed by atoms with Gasteiger partial charge in [0.15, 0.2) is 5.82 Å². The first-order chi connectivity index (χ1) is 7.84. The Morgan fingerprint density at radius 1 is 1.19 bits per heavy atom. The summed E-state index contributed by atoms with van der Waals surface area (Å²) < 4.78 is 0.